The second-order valence-corrected chi connectivity index (χ2v) is 6.33. The zero-order valence-corrected chi connectivity index (χ0v) is 16.9. The van der Waals surface area contributed by atoms with Crippen molar-refractivity contribution in [1.29, 1.82) is 0 Å². The van der Waals surface area contributed by atoms with Crippen molar-refractivity contribution in [2.24, 2.45) is 0 Å². The highest BCUT2D eigenvalue weighted by Crippen LogP contribution is 2.50. The molecular weight excluding hydrogens is 480 g/mol. The second-order valence-electron chi connectivity index (χ2n) is 5.52. The molecule has 188 valence electrons. The summed E-state index contributed by atoms with van der Waals surface area (Å²) in [6.07, 6.45) is -14.5. The largest absolute Gasteiger partial charge is 0.436 e. The molecule has 0 fully saturated rings. The minimum atomic E-state index is -6.11. The van der Waals surface area contributed by atoms with E-state index in [0.717, 1.165) is 0 Å². The van der Waals surface area contributed by atoms with E-state index in [-0.39, 0.29) is 26.4 Å². The van der Waals surface area contributed by atoms with Crippen molar-refractivity contribution in [2.75, 3.05) is 53.4 Å². The Kier molecular flexibility index (Phi) is 14.3. The van der Waals surface area contributed by atoms with Gasteiger partial charge in [0.05, 0.1) is 39.6 Å². The van der Waals surface area contributed by atoms with Crippen LogP contribution in [0.4, 0.5) is 35.1 Å². The molecule has 0 rings (SSSR count). The summed E-state index contributed by atoms with van der Waals surface area (Å²) in [5, 5.41) is 4.66. The van der Waals surface area contributed by atoms with Crippen LogP contribution in [0, 0.1) is 0 Å². The van der Waals surface area contributed by atoms with Crippen molar-refractivity contribution in [2.45, 2.75) is 36.2 Å². The van der Waals surface area contributed by atoms with Crippen LogP contribution in [-0.2, 0) is 33.1 Å². The number of halogens is 8. The molecule has 0 radical (unpaired) electrons. The van der Waals surface area contributed by atoms with Crippen LogP contribution in [0.1, 0.15) is 12.8 Å². The topological polar surface area (TPSA) is 84.8 Å². The lowest BCUT2D eigenvalue weighted by Crippen LogP contribution is -2.52. The zero-order valence-electron chi connectivity index (χ0n) is 16.1. The molecule has 0 bridgehead atoms. The predicted molar refractivity (Wildman–Crippen MR) is 86.8 cm³/mol. The molecule has 1 N–H and O–H groups in total. The summed E-state index contributed by atoms with van der Waals surface area (Å²) < 4.78 is 131. The van der Waals surface area contributed by atoms with Gasteiger partial charge in [-0.05, 0) is 6.42 Å². The van der Waals surface area contributed by atoms with Crippen molar-refractivity contribution in [3.63, 3.8) is 0 Å². The number of ether oxygens (including phenoxy) is 5. The van der Waals surface area contributed by atoms with Crippen LogP contribution in [0.15, 0.2) is 0 Å². The van der Waals surface area contributed by atoms with Gasteiger partial charge in [0.25, 0.3) is 0 Å². The molecule has 0 aromatic heterocycles. The lowest BCUT2D eigenvalue weighted by atomic mass is 10.2. The van der Waals surface area contributed by atoms with E-state index in [9.17, 15) is 35.1 Å². The van der Waals surface area contributed by atoms with Crippen molar-refractivity contribution in [1.82, 2.24) is 0 Å². The molecule has 0 saturated carbocycles. The number of hydrogen-bond donors (Lipinski definition) is 1. The first kappa shape index (κ1) is 30.5. The Morgan fingerprint density at radius 3 is 1.68 bits per heavy atom. The normalized spacial score (nSPS) is 13.7. The Bertz CT molecular complexity index is 476. The molecule has 0 aliphatic carbocycles. The standard InChI is InChI=1S/C14H22F8O8S/c1-24-5-6-26-9-10-27-8-7-25-4-2-3-11(15,16)12(17,18)28-13(19,20)14(21,22)31-30-29-23/h23H,2-10H2,1H3. The van der Waals surface area contributed by atoms with Gasteiger partial charge >= 0.3 is 23.4 Å². The Morgan fingerprint density at radius 1 is 0.710 bits per heavy atom. The molecular formula is C14H22F8O8S. The maximum absolute atomic E-state index is 13.5. The van der Waals surface area contributed by atoms with Crippen LogP contribution in [0.25, 0.3) is 0 Å². The maximum Gasteiger partial charge on any atom is 0.436 e. The third-order valence-electron chi connectivity index (χ3n) is 3.15. The van der Waals surface area contributed by atoms with Gasteiger partial charge in [0.15, 0.2) is 0 Å². The smallest absolute Gasteiger partial charge is 0.382 e. The molecule has 0 aliphatic heterocycles. The van der Waals surface area contributed by atoms with Crippen molar-refractivity contribution in [3.8, 4) is 0 Å². The van der Waals surface area contributed by atoms with Gasteiger partial charge in [0.1, 0.15) is 12.0 Å². The Balaban J connectivity index is 4.23. The fourth-order valence-electron chi connectivity index (χ4n) is 1.63. The Morgan fingerprint density at radius 2 is 1.19 bits per heavy atom. The average molecular weight is 502 g/mol. The van der Waals surface area contributed by atoms with E-state index in [1.54, 1.807) is 0 Å². The zero-order chi connectivity index (χ0) is 24.0. The molecule has 17 heteroatoms. The van der Waals surface area contributed by atoms with E-state index < -0.39 is 54.9 Å². The highest BCUT2D eigenvalue weighted by Gasteiger charge is 2.69. The van der Waals surface area contributed by atoms with Crippen LogP contribution in [0.2, 0.25) is 0 Å². The van der Waals surface area contributed by atoms with Crippen molar-refractivity contribution in [3.05, 3.63) is 0 Å². The molecule has 0 amide bonds. The molecule has 0 aromatic rings. The molecule has 0 spiro atoms. The van der Waals surface area contributed by atoms with Gasteiger partial charge in [-0.1, -0.05) is 5.04 Å². The summed E-state index contributed by atoms with van der Waals surface area (Å²) in [6, 6.07) is 0. The summed E-state index contributed by atoms with van der Waals surface area (Å²) in [7, 11) is 1.50. The number of methoxy groups -OCH3 is 1. The van der Waals surface area contributed by atoms with Gasteiger partial charge in [0.2, 0.25) is 0 Å². The lowest BCUT2D eigenvalue weighted by molar-refractivity contribution is -0.461. The van der Waals surface area contributed by atoms with E-state index >= 15 is 0 Å². The maximum atomic E-state index is 13.5. The summed E-state index contributed by atoms with van der Waals surface area (Å²) in [4.78, 5) is 0. The highest BCUT2D eigenvalue weighted by atomic mass is 32.2. The molecule has 0 heterocycles. The van der Waals surface area contributed by atoms with Gasteiger partial charge in [-0.25, -0.2) is 9.99 Å². The Labute approximate surface area is 176 Å². The van der Waals surface area contributed by atoms with Gasteiger partial charge < -0.3 is 18.9 Å². The van der Waals surface area contributed by atoms with E-state index in [4.69, 9.17) is 24.2 Å². The quantitative estimate of drug-likeness (QED) is 0.0874. The van der Waals surface area contributed by atoms with Crippen LogP contribution in [0.5, 0.6) is 0 Å². The highest BCUT2D eigenvalue weighted by molar-refractivity contribution is 7.95. The molecule has 0 atom stereocenters. The second kappa shape index (κ2) is 14.6. The van der Waals surface area contributed by atoms with Gasteiger partial charge in [-0.15, -0.1) is 4.33 Å². The fraction of sp³-hybridized carbons (Fsp3) is 1.00. The molecule has 31 heavy (non-hydrogen) atoms. The first-order valence-electron chi connectivity index (χ1n) is 8.42. The first-order valence-corrected chi connectivity index (χ1v) is 9.16. The lowest BCUT2D eigenvalue weighted by Gasteiger charge is -2.31. The SMILES string of the molecule is COCCOCCOCCOCCCC(F)(F)C(F)(F)OC(F)(F)C(F)(F)SOOO. The van der Waals surface area contributed by atoms with Crippen LogP contribution >= 0.6 is 12.0 Å². The predicted octanol–water partition coefficient (Wildman–Crippen LogP) is 3.96. The van der Waals surface area contributed by atoms with E-state index in [0.29, 0.717) is 13.2 Å². The molecule has 0 aromatic carbocycles. The molecule has 8 nitrogen and oxygen atoms in total. The molecule has 0 saturated heterocycles. The van der Waals surface area contributed by atoms with E-state index in [1.807, 2.05) is 0 Å². The van der Waals surface area contributed by atoms with Crippen molar-refractivity contribution < 1.29 is 73.4 Å². The van der Waals surface area contributed by atoms with Crippen LogP contribution < -0.4 is 0 Å². The summed E-state index contributed by atoms with van der Waals surface area (Å²) >= 11 is -1.63. The number of rotatable bonds is 20. The fourth-order valence-corrected chi connectivity index (χ4v) is 1.88. The Hall–Kier alpha value is -0.530. The van der Waals surface area contributed by atoms with Gasteiger partial charge in [-0.2, -0.15) is 35.1 Å². The van der Waals surface area contributed by atoms with E-state index in [1.165, 1.54) is 7.11 Å². The third kappa shape index (κ3) is 11.8. The number of alkyl halides is 8. The van der Waals surface area contributed by atoms with Crippen molar-refractivity contribution >= 4 is 12.0 Å². The molecule has 0 unspecified atom stereocenters. The average Bonchev–Trinajstić information content (AvgIpc) is 2.66. The van der Waals surface area contributed by atoms with E-state index in [2.05, 4.69) is 14.1 Å². The summed E-state index contributed by atoms with van der Waals surface area (Å²) in [5.41, 5.74) is 0. The molecule has 0 aliphatic rings. The van der Waals surface area contributed by atoms with Crippen LogP contribution in [-0.4, -0.2) is 82.0 Å². The van der Waals surface area contributed by atoms with Gasteiger partial charge in [0, 0.05) is 20.1 Å². The summed E-state index contributed by atoms with van der Waals surface area (Å²) in [5.74, 6) is -5.23. The minimum absolute atomic E-state index is 0.0436. The van der Waals surface area contributed by atoms with Crippen LogP contribution in [0.3, 0.4) is 0 Å². The van der Waals surface area contributed by atoms with Gasteiger partial charge in [-0.3, -0.25) is 0 Å². The number of hydrogen-bond acceptors (Lipinski definition) is 9. The summed E-state index contributed by atoms with van der Waals surface area (Å²) in [6.45, 7) is 0.750. The third-order valence-corrected chi connectivity index (χ3v) is 3.72. The minimum Gasteiger partial charge on any atom is -0.382 e. The monoisotopic (exact) mass is 502 g/mol. The first-order chi connectivity index (χ1) is 14.3.